The molecule has 1 saturated carbocycles. The molecule has 0 spiro atoms. The standard InChI is InChI=1S/C16H26N4/c1-20(2)16-9-8-12(11-18-16)19-15-6-3-5-13(15)14-7-4-10-17-14/h8-9,11,13-15,17,19H,3-7,10H2,1-2H3. The summed E-state index contributed by atoms with van der Waals surface area (Å²) in [4.78, 5) is 6.52. The summed E-state index contributed by atoms with van der Waals surface area (Å²) in [6.07, 6.45) is 8.65. The van der Waals surface area contributed by atoms with E-state index in [2.05, 4.69) is 27.8 Å². The molecule has 0 radical (unpaired) electrons. The summed E-state index contributed by atoms with van der Waals surface area (Å²) < 4.78 is 0. The Morgan fingerprint density at radius 2 is 2.10 bits per heavy atom. The van der Waals surface area contributed by atoms with Crippen LogP contribution in [-0.2, 0) is 0 Å². The zero-order valence-corrected chi connectivity index (χ0v) is 12.6. The lowest BCUT2D eigenvalue weighted by Crippen LogP contribution is -2.38. The van der Waals surface area contributed by atoms with E-state index in [9.17, 15) is 0 Å². The maximum absolute atomic E-state index is 4.49. The van der Waals surface area contributed by atoms with E-state index >= 15 is 0 Å². The number of anilines is 2. The Morgan fingerprint density at radius 3 is 2.75 bits per heavy atom. The molecule has 20 heavy (non-hydrogen) atoms. The van der Waals surface area contributed by atoms with Gasteiger partial charge in [0, 0.05) is 26.2 Å². The Kier molecular flexibility index (Phi) is 4.10. The van der Waals surface area contributed by atoms with Crippen molar-refractivity contribution in [3.8, 4) is 0 Å². The van der Waals surface area contributed by atoms with Crippen LogP contribution in [0.25, 0.3) is 0 Å². The first kappa shape index (κ1) is 13.7. The predicted octanol–water partition coefficient (Wildman–Crippen LogP) is 2.48. The quantitative estimate of drug-likeness (QED) is 0.885. The van der Waals surface area contributed by atoms with Crippen LogP contribution in [0.15, 0.2) is 18.3 Å². The zero-order chi connectivity index (χ0) is 13.9. The van der Waals surface area contributed by atoms with Gasteiger partial charge in [0.25, 0.3) is 0 Å². The monoisotopic (exact) mass is 274 g/mol. The summed E-state index contributed by atoms with van der Waals surface area (Å²) in [5.74, 6) is 1.79. The van der Waals surface area contributed by atoms with Crippen LogP contribution in [0.5, 0.6) is 0 Å². The first-order chi connectivity index (χ1) is 9.74. The fourth-order valence-corrected chi connectivity index (χ4v) is 3.68. The largest absolute Gasteiger partial charge is 0.381 e. The van der Waals surface area contributed by atoms with Gasteiger partial charge in [-0.15, -0.1) is 0 Å². The van der Waals surface area contributed by atoms with Crippen molar-refractivity contribution >= 4 is 11.5 Å². The van der Waals surface area contributed by atoms with E-state index in [4.69, 9.17) is 0 Å². The summed E-state index contributed by atoms with van der Waals surface area (Å²) in [6, 6.07) is 5.57. The van der Waals surface area contributed by atoms with Crippen LogP contribution in [0.4, 0.5) is 11.5 Å². The number of nitrogens with zero attached hydrogens (tertiary/aromatic N) is 2. The molecule has 1 aliphatic heterocycles. The van der Waals surface area contributed by atoms with E-state index in [1.165, 1.54) is 38.6 Å². The van der Waals surface area contributed by atoms with Gasteiger partial charge in [-0.05, 0) is 50.3 Å². The number of hydrogen-bond donors (Lipinski definition) is 2. The van der Waals surface area contributed by atoms with Gasteiger partial charge in [0.15, 0.2) is 0 Å². The minimum absolute atomic E-state index is 0.609. The third-order valence-electron chi connectivity index (χ3n) is 4.74. The molecular weight excluding hydrogens is 248 g/mol. The summed E-state index contributed by atoms with van der Waals surface area (Å²) in [7, 11) is 4.04. The molecule has 2 heterocycles. The Balaban J connectivity index is 1.63. The van der Waals surface area contributed by atoms with Crippen LogP contribution in [0.3, 0.4) is 0 Å². The maximum atomic E-state index is 4.49. The molecule has 1 saturated heterocycles. The minimum Gasteiger partial charge on any atom is -0.381 e. The molecule has 110 valence electrons. The zero-order valence-electron chi connectivity index (χ0n) is 12.6. The summed E-state index contributed by atoms with van der Waals surface area (Å²) >= 11 is 0. The summed E-state index contributed by atoms with van der Waals surface area (Å²) in [5.41, 5.74) is 1.16. The van der Waals surface area contributed by atoms with Gasteiger partial charge in [0.05, 0.1) is 11.9 Å². The van der Waals surface area contributed by atoms with Crippen molar-refractivity contribution in [3.63, 3.8) is 0 Å². The topological polar surface area (TPSA) is 40.2 Å². The van der Waals surface area contributed by atoms with Gasteiger partial charge >= 0.3 is 0 Å². The third kappa shape index (κ3) is 2.90. The number of hydrogen-bond acceptors (Lipinski definition) is 4. The molecule has 0 bridgehead atoms. The van der Waals surface area contributed by atoms with E-state index in [0.717, 1.165) is 23.5 Å². The van der Waals surface area contributed by atoms with Crippen LogP contribution >= 0.6 is 0 Å². The van der Waals surface area contributed by atoms with E-state index < -0.39 is 0 Å². The lowest BCUT2D eigenvalue weighted by molar-refractivity contribution is 0.376. The summed E-state index contributed by atoms with van der Waals surface area (Å²) in [5, 5.41) is 7.39. The van der Waals surface area contributed by atoms with Crippen molar-refractivity contribution < 1.29 is 0 Å². The number of pyridine rings is 1. The Labute approximate surface area is 122 Å². The van der Waals surface area contributed by atoms with Crippen LogP contribution in [-0.4, -0.2) is 37.7 Å². The molecule has 3 atom stereocenters. The second-order valence-corrected chi connectivity index (χ2v) is 6.35. The van der Waals surface area contributed by atoms with Crippen molar-refractivity contribution in [2.75, 3.05) is 30.9 Å². The number of rotatable bonds is 4. The third-order valence-corrected chi connectivity index (χ3v) is 4.74. The molecule has 3 unspecified atom stereocenters. The highest BCUT2D eigenvalue weighted by Crippen LogP contribution is 2.33. The molecular formula is C16H26N4. The average Bonchev–Trinajstić information content (AvgIpc) is 3.09. The fourth-order valence-electron chi connectivity index (χ4n) is 3.68. The molecule has 2 fully saturated rings. The van der Waals surface area contributed by atoms with Gasteiger partial charge in [0.2, 0.25) is 0 Å². The fraction of sp³-hybridized carbons (Fsp3) is 0.688. The van der Waals surface area contributed by atoms with Gasteiger partial charge in [-0.2, -0.15) is 0 Å². The normalized spacial score (nSPS) is 29.6. The average molecular weight is 274 g/mol. The van der Waals surface area contributed by atoms with E-state index in [1.54, 1.807) is 0 Å². The molecule has 2 N–H and O–H groups in total. The molecule has 4 heteroatoms. The lowest BCUT2D eigenvalue weighted by Gasteiger charge is -2.27. The molecule has 0 amide bonds. The van der Waals surface area contributed by atoms with Crippen molar-refractivity contribution in [2.24, 2.45) is 5.92 Å². The summed E-state index contributed by atoms with van der Waals surface area (Å²) in [6.45, 7) is 1.20. The van der Waals surface area contributed by atoms with Crippen LogP contribution in [0.1, 0.15) is 32.1 Å². The molecule has 4 nitrogen and oxygen atoms in total. The molecule has 1 aliphatic carbocycles. The SMILES string of the molecule is CN(C)c1ccc(NC2CCCC2C2CCCN2)cn1. The van der Waals surface area contributed by atoms with Gasteiger partial charge < -0.3 is 15.5 Å². The van der Waals surface area contributed by atoms with Crippen LogP contribution in [0, 0.1) is 5.92 Å². The molecule has 0 aromatic carbocycles. The minimum atomic E-state index is 0.609. The van der Waals surface area contributed by atoms with Crippen molar-refractivity contribution in [1.29, 1.82) is 0 Å². The van der Waals surface area contributed by atoms with E-state index in [-0.39, 0.29) is 0 Å². The number of aromatic nitrogens is 1. The Morgan fingerprint density at radius 1 is 1.20 bits per heavy atom. The van der Waals surface area contributed by atoms with Crippen LogP contribution < -0.4 is 15.5 Å². The highest BCUT2D eigenvalue weighted by molar-refractivity contribution is 5.48. The molecule has 1 aromatic rings. The van der Waals surface area contributed by atoms with Gasteiger partial charge in [-0.1, -0.05) is 6.42 Å². The first-order valence-corrected chi connectivity index (χ1v) is 7.87. The highest BCUT2D eigenvalue weighted by Gasteiger charge is 2.34. The van der Waals surface area contributed by atoms with Crippen molar-refractivity contribution in [2.45, 2.75) is 44.2 Å². The number of nitrogens with one attached hydrogen (secondary N) is 2. The van der Waals surface area contributed by atoms with Crippen LogP contribution in [0.2, 0.25) is 0 Å². The maximum Gasteiger partial charge on any atom is 0.128 e. The van der Waals surface area contributed by atoms with Crippen molar-refractivity contribution in [1.82, 2.24) is 10.3 Å². The highest BCUT2D eigenvalue weighted by atomic mass is 15.1. The van der Waals surface area contributed by atoms with E-state index in [0.29, 0.717) is 6.04 Å². The lowest BCUT2D eigenvalue weighted by atomic mass is 9.93. The van der Waals surface area contributed by atoms with E-state index in [1.807, 2.05) is 25.2 Å². The van der Waals surface area contributed by atoms with Gasteiger partial charge in [-0.25, -0.2) is 4.98 Å². The molecule has 3 rings (SSSR count). The Hall–Kier alpha value is -1.29. The Bertz CT molecular complexity index is 423. The van der Waals surface area contributed by atoms with Gasteiger partial charge in [-0.3, -0.25) is 0 Å². The molecule has 2 aliphatic rings. The predicted molar refractivity (Wildman–Crippen MR) is 84.3 cm³/mol. The second-order valence-electron chi connectivity index (χ2n) is 6.35. The smallest absolute Gasteiger partial charge is 0.128 e. The molecule has 1 aromatic heterocycles. The second kappa shape index (κ2) is 6.00. The first-order valence-electron chi connectivity index (χ1n) is 7.87. The van der Waals surface area contributed by atoms with Gasteiger partial charge in [0.1, 0.15) is 5.82 Å². The van der Waals surface area contributed by atoms with Crippen molar-refractivity contribution in [3.05, 3.63) is 18.3 Å².